The molecule has 0 aromatic rings. The van der Waals surface area contributed by atoms with Crippen molar-refractivity contribution < 1.29 is 24.2 Å². The lowest BCUT2D eigenvalue weighted by Gasteiger charge is -2.32. The zero-order valence-electron chi connectivity index (χ0n) is 12.3. The van der Waals surface area contributed by atoms with Crippen molar-refractivity contribution in [1.82, 2.24) is 10.2 Å². The molecule has 2 atom stereocenters. The second-order valence-electron chi connectivity index (χ2n) is 5.55. The number of aliphatic carboxylic acids is 1. The first kappa shape index (κ1) is 16.0. The molecule has 21 heavy (non-hydrogen) atoms. The maximum absolute atomic E-state index is 12.0. The van der Waals surface area contributed by atoms with Crippen LogP contribution >= 0.6 is 0 Å². The molecule has 2 aliphatic rings. The predicted octanol–water partition coefficient (Wildman–Crippen LogP) is 0.831. The number of morpholine rings is 1. The van der Waals surface area contributed by atoms with Crippen LogP contribution in [-0.4, -0.2) is 67.1 Å². The van der Waals surface area contributed by atoms with Gasteiger partial charge in [0.15, 0.2) is 0 Å². The van der Waals surface area contributed by atoms with Crippen LogP contribution in [0.1, 0.15) is 32.1 Å². The molecule has 0 saturated carbocycles. The van der Waals surface area contributed by atoms with E-state index >= 15 is 0 Å². The minimum absolute atomic E-state index is 0.0697. The van der Waals surface area contributed by atoms with Gasteiger partial charge in [-0.25, -0.2) is 4.79 Å². The topological polar surface area (TPSA) is 88.1 Å². The lowest BCUT2D eigenvalue weighted by Crippen LogP contribution is -2.50. The normalized spacial score (nSPS) is 26.4. The molecule has 7 heteroatoms. The summed E-state index contributed by atoms with van der Waals surface area (Å²) in [6, 6.07) is -0.149. The number of hydrogen-bond donors (Lipinski definition) is 2. The molecule has 2 fully saturated rings. The molecule has 2 rings (SSSR count). The second-order valence-corrected chi connectivity index (χ2v) is 5.55. The summed E-state index contributed by atoms with van der Waals surface area (Å²) in [6.45, 7) is 2.63. The van der Waals surface area contributed by atoms with Crippen molar-refractivity contribution >= 4 is 12.0 Å². The summed E-state index contributed by atoms with van der Waals surface area (Å²) in [7, 11) is 0. The van der Waals surface area contributed by atoms with E-state index in [0.29, 0.717) is 26.2 Å². The molecular formula is C14H24N2O5. The van der Waals surface area contributed by atoms with Crippen LogP contribution in [0.4, 0.5) is 4.79 Å². The van der Waals surface area contributed by atoms with Crippen LogP contribution in [0.15, 0.2) is 0 Å². The van der Waals surface area contributed by atoms with Gasteiger partial charge in [-0.05, 0) is 25.7 Å². The molecule has 7 nitrogen and oxygen atoms in total. The fourth-order valence-electron chi connectivity index (χ4n) is 2.71. The maximum atomic E-state index is 12.0. The second kappa shape index (κ2) is 8.19. The number of carbonyl (C=O) groups excluding carboxylic acids is 1. The fourth-order valence-corrected chi connectivity index (χ4v) is 2.71. The highest BCUT2D eigenvalue weighted by molar-refractivity contribution is 5.74. The summed E-state index contributed by atoms with van der Waals surface area (Å²) in [6.07, 6.45) is 3.98. The minimum Gasteiger partial charge on any atom is -0.481 e. The quantitative estimate of drug-likeness (QED) is 0.785. The summed E-state index contributed by atoms with van der Waals surface area (Å²) in [4.78, 5) is 24.3. The van der Waals surface area contributed by atoms with Gasteiger partial charge in [0, 0.05) is 26.2 Å². The molecular weight excluding hydrogens is 276 g/mol. The zero-order valence-corrected chi connectivity index (χ0v) is 12.3. The molecule has 2 unspecified atom stereocenters. The molecule has 0 aromatic heterocycles. The highest BCUT2D eigenvalue weighted by atomic mass is 16.5. The van der Waals surface area contributed by atoms with Crippen molar-refractivity contribution in [3.63, 3.8) is 0 Å². The van der Waals surface area contributed by atoms with E-state index in [1.807, 2.05) is 0 Å². The molecule has 0 aliphatic carbocycles. The van der Waals surface area contributed by atoms with Crippen molar-refractivity contribution in [2.75, 3.05) is 32.8 Å². The minimum atomic E-state index is -0.906. The molecule has 0 radical (unpaired) electrons. The third kappa shape index (κ3) is 5.51. The van der Waals surface area contributed by atoms with Gasteiger partial charge in [-0.1, -0.05) is 0 Å². The van der Waals surface area contributed by atoms with Gasteiger partial charge >= 0.3 is 12.0 Å². The van der Waals surface area contributed by atoms with Gasteiger partial charge in [-0.15, -0.1) is 0 Å². The predicted molar refractivity (Wildman–Crippen MR) is 75.2 cm³/mol. The number of carboxylic acid groups (broad SMARTS) is 1. The molecule has 0 bridgehead atoms. The summed E-state index contributed by atoms with van der Waals surface area (Å²) >= 11 is 0. The third-order valence-corrected chi connectivity index (χ3v) is 3.84. The Morgan fingerprint density at radius 1 is 1.19 bits per heavy atom. The number of carboxylic acids is 1. The van der Waals surface area contributed by atoms with E-state index in [0.717, 1.165) is 25.9 Å². The Hall–Kier alpha value is -1.34. The van der Waals surface area contributed by atoms with E-state index < -0.39 is 12.1 Å². The number of amides is 2. The lowest BCUT2D eigenvalue weighted by molar-refractivity contribution is -0.141. The van der Waals surface area contributed by atoms with Gasteiger partial charge in [-0.3, -0.25) is 4.79 Å². The van der Waals surface area contributed by atoms with Crippen LogP contribution in [0.25, 0.3) is 0 Å². The summed E-state index contributed by atoms with van der Waals surface area (Å²) in [5, 5.41) is 11.6. The van der Waals surface area contributed by atoms with Crippen molar-refractivity contribution in [3.8, 4) is 0 Å². The largest absolute Gasteiger partial charge is 0.481 e. The first-order valence-corrected chi connectivity index (χ1v) is 7.63. The van der Waals surface area contributed by atoms with Crippen LogP contribution in [0.5, 0.6) is 0 Å². The van der Waals surface area contributed by atoms with E-state index in [1.54, 1.807) is 4.90 Å². The average molecular weight is 300 g/mol. The molecule has 120 valence electrons. The van der Waals surface area contributed by atoms with Crippen LogP contribution in [0.3, 0.4) is 0 Å². The standard InChI is InChI=1S/C14H24N2O5/c17-13(18)9-12-10-16(6-8-21-12)14(19)15-5-4-11-3-1-2-7-20-11/h11-12H,1-10H2,(H,15,19)(H,17,18). The van der Waals surface area contributed by atoms with Crippen molar-refractivity contribution in [2.24, 2.45) is 0 Å². The SMILES string of the molecule is O=C(O)CC1CN(C(=O)NCCC2CCCCO2)CCO1. The van der Waals surface area contributed by atoms with Crippen LogP contribution in [0.2, 0.25) is 0 Å². The van der Waals surface area contributed by atoms with E-state index in [1.165, 1.54) is 6.42 Å². The van der Waals surface area contributed by atoms with Gasteiger partial charge in [0.1, 0.15) is 0 Å². The Bertz CT molecular complexity index is 357. The summed E-state index contributed by atoms with van der Waals surface area (Å²) < 4.78 is 11.0. The summed E-state index contributed by atoms with van der Waals surface area (Å²) in [5.74, 6) is -0.906. The molecule has 0 aromatic carbocycles. The van der Waals surface area contributed by atoms with Crippen molar-refractivity contribution in [1.29, 1.82) is 0 Å². The van der Waals surface area contributed by atoms with Gasteiger partial charge < -0.3 is 24.8 Å². The number of carbonyl (C=O) groups is 2. The van der Waals surface area contributed by atoms with Gasteiger partial charge in [0.25, 0.3) is 0 Å². The van der Waals surface area contributed by atoms with Crippen LogP contribution < -0.4 is 5.32 Å². The van der Waals surface area contributed by atoms with Crippen LogP contribution in [0, 0.1) is 0 Å². The van der Waals surface area contributed by atoms with Crippen molar-refractivity contribution in [2.45, 2.75) is 44.3 Å². The number of urea groups is 1. The van der Waals surface area contributed by atoms with Gasteiger partial charge in [0.05, 0.1) is 25.2 Å². The highest BCUT2D eigenvalue weighted by Gasteiger charge is 2.25. The zero-order chi connectivity index (χ0) is 15.1. The number of rotatable bonds is 5. The monoisotopic (exact) mass is 300 g/mol. The Morgan fingerprint density at radius 3 is 2.71 bits per heavy atom. The van der Waals surface area contributed by atoms with E-state index in [9.17, 15) is 9.59 Å². The van der Waals surface area contributed by atoms with E-state index in [4.69, 9.17) is 14.6 Å². The van der Waals surface area contributed by atoms with Gasteiger partial charge in [-0.2, -0.15) is 0 Å². The molecule has 2 amide bonds. The maximum Gasteiger partial charge on any atom is 0.317 e. The van der Waals surface area contributed by atoms with E-state index in [-0.39, 0.29) is 18.6 Å². The number of nitrogens with zero attached hydrogens (tertiary/aromatic N) is 1. The molecule has 0 spiro atoms. The molecule has 2 N–H and O–H groups in total. The highest BCUT2D eigenvalue weighted by Crippen LogP contribution is 2.15. The molecule has 2 aliphatic heterocycles. The number of nitrogens with one attached hydrogen (secondary N) is 1. The third-order valence-electron chi connectivity index (χ3n) is 3.84. The first-order chi connectivity index (χ1) is 10.1. The Morgan fingerprint density at radius 2 is 2.00 bits per heavy atom. The number of hydrogen-bond acceptors (Lipinski definition) is 4. The molecule has 2 heterocycles. The Balaban J connectivity index is 1.66. The smallest absolute Gasteiger partial charge is 0.317 e. The lowest BCUT2D eigenvalue weighted by atomic mass is 10.1. The Labute approximate surface area is 124 Å². The van der Waals surface area contributed by atoms with Crippen molar-refractivity contribution in [3.05, 3.63) is 0 Å². The Kier molecular flexibility index (Phi) is 6.25. The summed E-state index contributed by atoms with van der Waals surface area (Å²) in [5.41, 5.74) is 0. The first-order valence-electron chi connectivity index (χ1n) is 7.63. The van der Waals surface area contributed by atoms with Gasteiger partial charge in [0.2, 0.25) is 0 Å². The number of ether oxygens (including phenoxy) is 2. The fraction of sp³-hybridized carbons (Fsp3) is 0.857. The average Bonchev–Trinajstić information content (AvgIpc) is 2.48. The van der Waals surface area contributed by atoms with E-state index in [2.05, 4.69) is 5.32 Å². The van der Waals surface area contributed by atoms with Crippen LogP contribution in [-0.2, 0) is 14.3 Å². The molecule has 2 saturated heterocycles.